The number of hydrogen-bond acceptors (Lipinski definition) is 3. The fraction of sp³-hybridized carbons (Fsp3) is 0.357. The molecule has 0 unspecified atom stereocenters. The second-order valence-electron chi connectivity index (χ2n) is 4.79. The van der Waals surface area contributed by atoms with E-state index < -0.39 is 21.9 Å². The van der Waals surface area contributed by atoms with Crippen LogP contribution in [0.5, 0.6) is 0 Å². The van der Waals surface area contributed by atoms with Crippen LogP contribution in [-0.2, 0) is 14.8 Å². The maximum absolute atomic E-state index is 12.4. The lowest BCUT2D eigenvalue weighted by Gasteiger charge is -2.29. The van der Waals surface area contributed by atoms with Crippen molar-refractivity contribution in [2.75, 3.05) is 13.1 Å². The molecular weight excluding hydrogens is 278 g/mol. The topological polar surface area (TPSA) is 74.7 Å². The summed E-state index contributed by atoms with van der Waals surface area (Å²) in [7, 11) is -3.53. The van der Waals surface area contributed by atoms with Crippen LogP contribution in [0.1, 0.15) is 18.4 Å². The first-order valence-electron chi connectivity index (χ1n) is 6.40. The molecule has 0 amide bonds. The Kier molecular flexibility index (Phi) is 4.25. The van der Waals surface area contributed by atoms with Crippen molar-refractivity contribution in [1.82, 2.24) is 4.31 Å². The summed E-state index contributed by atoms with van der Waals surface area (Å²) in [5.74, 6) is -1.29. The van der Waals surface area contributed by atoms with E-state index in [1.807, 2.05) is 0 Å². The summed E-state index contributed by atoms with van der Waals surface area (Å²) in [5, 5.41) is 8.92. The first-order valence-corrected chi connectivity index (χ1v) is 7.84. The van der Waals surface area contributed by atoms with E-state index >= 15 is 0 Å². The van der Waals surface area contributed by atoms with E-state index in [4.69, 9.17) is 5.11 Å². The summed E-state index contributed by atoms with van der Waals surface area (Å²) in [6.07, 6.45) is 2.37. The Morgan fingerprint density at radius 2 is 1.80 bits per heavy atom. The van der Waals surface area contributed by atoms with Crippen molar-refractivity contribution >= 4 is 22.1 Å². The number of carboxylic acid groups (broad SMARTS) is 1. The molecule has 108 valence electrons. The molecule has 6 heteroatoms. The lowest BCUT2D eigenvalue weighted by atomic mass is 9.99. The normalized spacial score (nSPS) is 17.8. The first-order chi connectivity index (χ1) is 9.45. The van der Waals surface area contributed by atoms with E-state index in [2.05, 4.69) is 6.58 Å². The predicted molar refractivity (Wildman–Crippen MR) is 75.7 cm³/mol. The highest BCUT2D eigenvalue weighted by atomic mass is 32.2. The monoisotopic (exact) mass is 295 g/mol. The van der Waals surface area contributed by atoms with Gasteiger partial charge in [0.1, 0.15) is 0 Å². The summed E-state index contributed by atoms with van der Waals surface area (Å²) < 4.78 is 26.2. The Morgan fingerprint density at radius 1 is 1.25 bits per heavy atom. The third-order valence-electron chi connectivity index (χ3n) is 3.56. The molecule has 1 aliphatic heterocycles. The van der Waals surface area contributed by atoms with Crippen molar-refractivity contribution in [2.45, 2.75) is 17.7 Å². The molecule has 1 N–H and O–H groups in total. The molecular formula is C14H17NO4S. The standard InChI is InChI=1S/C14H17NO4S/c1-2-11-3-5-13(6-4-11)20(18,19)15-9-7-12(8-10-15)14(16)17/h2-6,12H,1,7-10H2,(H,16,17). The molecule has 5 nitrogen and oxygen atoms in total. The van der Waals surface area contributed by atoms with Gasteiger partial charge in [0, 0.05) is 13.1 Å². The van der Waals surface area contributed by atoms with Gasteiger partial charge in [0.25, 0.3) is 0 Å². The highest BCUT2D eigenvalue weighted by Crippen LogP contribution is 2.24. The Bertz CT molecular complexity index is 599. The van der Waals surface area contributed by atoms with Crippen molar-refractivity contribution < 1.29 is 18.3 Å². The zero-order valence-electron chi connectivity index (χ0n) is 11.0. The van der Waals surface area contributed by atoms with E-state index in [1.54, 1.807) is 30.3 Å². The molecule has 20 heavy (non-hydrogen) atoms. The van der Waals surface area contributed by atoms with Gasteiger partial charge >= 0.3 is 5.97 Å². The highest BCUT2D eigenvalue weighted by molar-refractivity contribution is 7.89. The molecule has 0 spiro atoms. The van der Waals surface area contributed by atoms with Crippen LogP contribution < -0.4 is 0 Å². The molecule has 1 fully saturated rings. The molecule has 1 aliphatic rings. The molecule has 0 atom stereocenters. The lowest BCUT2D eigenvalue weighted by molar-refractivity contribution is -0.142. The van der Waals surface area contributed by atoms with Crippen molar-refractivity contribution in [3.05, 3.63) is 36.4 Å². The van der Waals surface area contributed by atoms with Gasteiger partial charge in [-0.2, -0.15) is 4.31 Å². The van der Waals surface area contributed by atoms with Gasteiger partial charge in [0.2, 0.25) is 10.0 Å². The largest absolute Gasteiger partial charge is 0.481 e. The number of carbonyl (C=O) groups is 1. The van der Waals surface area contributed by atoms with Crippen LogP contribution in [0.4, 0.5) is 0 Å². The molecule has 0 saturated carbocycles. The Morgan fingerprint density at radius 3 is 2.25 bits per heavy atom. The second kappa shape index (κ2) is 5.76. The minimum Gasteiger partial charge on any atom is -0.481 e. The number of aliphatic carboxylic acids is 1. The first kappa shape index (κ1) is 14.7. The van der Waals surface area contributed by atoms with Crippen molar-refractivity contribution in [3.8, 4) is 0 Å². The van der Waals surface area contributed by atoms with Gasteiger partial charge in [-0.25, -0.2) is 8.42 Å². The van der Waals surface area contributed by atoms with Crippen LogP contribution >= 0.6 is 0 Å². The molecule has 1 aromatic carbocycles. The number of carboxylic acids is 1. The Balaban J connectivity index is 2.14. The molecule has 2 rings (SSSR count). The van der Waals surface area contributed by atoms with Gasteiger partial charge in [-0.15, -0.1) is 0 Å². The van der Waals surface area contributed by atoms with Crippen LogP contribution in [0.2, 0.25) is 0 Å². The molecule has 1 aromatic rings. The zero-order chi connectivity index (χ0) is 14.8. The minimum atomic E-state index is -3.53. The maximum atomic E-state index is 12.4. The molecule has 0 radical (unpaired) electrons. The van der Waals surface area contributed by atoms with Crippen LogP contribution in [0.25, 0.3) is 6.08 Å². The molecule has 0 aliphatic carbocycles. The predicted octanol–water partition coefficient (Wildman–Crippen LogP) is 1.81. The summed E-state index contributed by atoms with van der Waals surface area (Å²) >= 11 is 0. The number of benzene rings is 1. The van der Waals surface area contributed by atoms with E-state index in [-0.39, 0.29) is 18.0 Å². The zero-order valence-corrected chi connectivity index (χ0v) is 11.8. The number of rotatable bonds is 4. The van der Waals surface area contributed by atoms with E-state index in [1.165, 1.54) is 4.31 Å². The van der Waals surface area contributed by atoms with Crippen LogP contribution in [0, 0.1) is 5.92 Å². The average molecular weight is 295 g/mol. The van der Waals surface area contributed by atoms with Crippen molar-refractivity contribution in [3.63, 3.8) is 0 Å². The molecule has 0 bridgehead atoms. The average Bonchev–Trinajstić information content (AvgIpc) is 2.47. The Hall–Kier alpha value is -1.66. The smallest absolute Gasteiger partial charge is 0.306 e. The quantitative estimate of drug-likeness (QED) is 0.919. The van der Waals surface area contributed by atoms with E-state index in [0.29, 0.717) is 12.8 Å². The number of sulfonamides is 1. The van der Waals surface area contributed by atoms with Gasteiger partial charge in [-0.05, 0) is 30.5 Å². The SMILES string of the molecule is C=Cc1ccc(S(=O)(=O)N2CCC(C(=O)O)CC2)cc1. The van der Waals surface area contributed by atoms with Gasteiger partial charge in [0.15, 0.2) is 0 Å². The summed E-state index contributed by atoms with van der Waals surface area (Å²) in [6, 6.07) is 6.50. The van der Waals surface area contributed by atoms with Crippen molar-refractivity contribution in [2.24, 2.45) is 5.92 Å². The third-order valence-corrected chi connectivity index (χ3v) is 5.47. The van der Waals surface area contributed by atoms with Crippen LogP contribution in [-0.4, -0.2) is 36.9 Å². The van der Waals surface area contributed by atoms with E-state index in [0.717, 1.165) is 5.56 Å². The Labute approximate surface area is 118 Å². The van der Waals surface area contributed by atoms with Crippen LogP contribution in [0.3, 0.4) is 0 Å². The van der Waals surface area contributed by atoms with Gasteiger partial charge < -0.3 is 5.11 Å². The fourth-order valence-corrected chi connectivity index (χ4v) is 3.74. The summed E-state index contributed by atoms with van der Waals surface area (Å²) in [4.78, 5) is 11.1. The lowest BCUT2D eigenvalue weighted by Crippen LogP contribution is -2.40. The molecule has 0 aromatic heterocycles. The third kappa shape index (κ3) is 2.91. The summed E-state index contributed by atoms with van der Waals surface area (Å²) in [5.41, 5.74) is 0.855. The van der Waals surface area contributed by atoms with Crippen LogP contribution in [0.15, 0.2) is 35.7 Å². The number of nitrogens with zero attached hydrogens (tertiary/aromatic N) is 1. The highest BCUT2D eigenvalue weighted by Gasteiger charge is 2.31. The molecule has 1 heterocycles. The number of hydrogen-bond donors (Lipinski definition) is 1. The fourth-order valence-electron chi connectivity index (χ4n) is 2.27. The molecule has 1 saturated heterocycles. The van der Waals surface area contributed by atoms with Gasteiger partial charge in [-0.1, -0.05) is 24.8 Å². The summed E-state index contributed by atoms with van der Waals surface area (Å²) in [6.45, 7) is 4.13. The van der Waals surface area contributed by atoms with Gasteiger partial charge in [0.05, 0.1) is 10.8 Å². The van der Waals surface area contributed by atoms with Crippen molar-refractivity contribution in [1.29, 1.82) is 0 Å². The van der Waals surface area contributed by atoms with E-state index in [9.17, 15) is 13.2 Å². The number of piperidine rings is 1. The second-order valence-corrected chi connectivity index (χ2v) is 6.73. The maximum Gasteiger partial charge on any atom is 0.306 e. The van der Waals surface area contributed by atoms with Gasteiger partial charge in [-0.3, -0.25) is 4.79 Å². The minimum absolute atomic E-state index is 0.233.